The summed E-state index contributed by atoms with van der Waals surface area (Å²) in [5, 5.41) is 34.3. The van der Waals surface area contributed by atoms with Crippen LogP contribution in [0.15, 0.2) is 0 Å². The number of hydrogen-bond donors (Lipinski definition) is 3. The lowest BCUT2D eigenvalue weighted by atomic mass is 9.41. The van der Waals surface area contributed by atoms with Gasteiger partial charge in [0, 0.05) is 37.6 Å². The molecule has 4 aliphatic heterocycles. The van der Waals surface area contributed by atoms with E-state index < -0.39 is 23.9 Å². The highest BCUT2D eigenvalue weighted by molar-refractivity contribution is 5.33. The second-order valence-electron chi connectivity index (χ2n) is 21.0. The largest absolute Gasteiger partial charge is 0.390 e. The average Bonchev–Trinajstić information content (AvgIpc) is 3.69. The van der Waals surface area contributed by atoms with E-state index in [1.54, 1.807) is 13.8 Å². The summed E-state index contributed by atoms with van der Waals surface area (Å²) in [7, 11) is 0. The summed E-state index contributed by atoms with van der Waals surface area (Å²) >= 11 is 0. The van der Waals surface area contributed by atoms with Gasteiger partial charge in [-0.1, -0.05) is 34.6 Å². The van der Waals surface area contributed by atoms with Gasteiger partial charge in [0.15, 0.2) is 6.29 Å². The van der Waals surface area contributed by atoms with Crippen molar-refractivity contribution in [2.24, 2.45) is 50.7 Å². The summed E-state index contributed by atoms with van der Waals surface area (Å²) in [5.41, 5.74) is -0.814. The SMILES string of the molecule is CC1CC(C(O)C(C)(C)O)OC2C1C1(C)CCC34CC35CCC(OC3CN(C6CCN(C7COC7)CC6)CCO3)C(C)(C)C5CCC4C1(C)C2O. The lowest BCUT2D eigenvalue weighted by molar-refractivity contribution is -0.252. The van der Waals surface area contributed by atoms with E-state index in [2.05, 4.69) is 44.4 Å². The van der Waals surface area contributed by atoms with Crippen LogP contribution in [0, 0.1) is 50.7 Å². The summed E-state index contributed by atoms with van der Waals surface area (Å²) in [6.45, 7) is 22.4. The molecule has 9 fully saturated rings. The monoisotopic (exact) mass is 715 g/mol. The zero-order valence-corrected chi connectivity index (χ0v) is 32.8. The molecule has 14 unspecified atom stereocenters. The molecule has 0 aromatic rings. The molecule has 14 atom stereocenters. The molecule has 0 amide bonds. The highest BCUT2D eigenvalue weighted by Crippen LogP contribution is 2.89. The van der Waals surface area contributed by atoms with E-state index in [1.807, 2.05) is 0 Å². The molecule has 3 N–H and O–H groups in total. The Bertz CT molecular complexity index is 1330. The van der Waals surface area contributed by atoms with E-state index in [9.17, 15) is 15.3 Å². The van der Waals surface area contributed by atoms with Crippen molar-refractivity contribution in [3.05, 3.63) is 0 Å². The van der Waals surface area contributed by atoms with Crippen molar-refractivity contribution >= 4 is 0 Å². The maximum atomic E-state index is 12.5. The van der Waals surface area contributed by atoms with E-state index in [1.165, 1.54) is 51.6 Å². The van der Waals surface area contributed by atoms with Gasteiger partial charge in [0.1, 0.15) is 6.10 Å². The molecule has 5 saturated carbocycles. The fraction of sp³-hybridized carbons (Fsp3) is 1.00. The first-order chi connectivity index (χ1) is 24.1. The molecule has 0 aromatic heterocycles. The van der Waals surface area contributed by atoms with Crippen LogP contribution in [-0.2, 0) is 18.9 Å². The number of ether oxygens (including phenoxy) is 4. The standard InChI is InChI=1S/C42H70N2O7/c1-25-20-28(35(45)38(4,5)47)50-34-33(25)39(6)14-15-42-24-41(42)13-10-31(37(2,3)29(41)8-9-30(42)40(39,7)36(34)46)51-32-21-44(18-19-49-32)26-11-16-43(17-12-26)27-22-48-23-27/h25-36,45-47H,8-24H2,1-7H3. The minimum Gasteiger partial charge on any atom is -0.390 e. The van der Waals surface area contributed by atoms with Gasteiger partial charge in [-0.05, 0) is 123 Å². The summed E-state index contributed by atoms with van der Waals surface area (Å²) in [4.78, 5) is 5.31. The van der Waals surface area contributed by atoms with Crippen molar-refractivity contribution < 1.29 is 34.3 Å². The van der Waals surface area contributed by atoms with Crippen LogP contribution in [0.3, 0.4) is 0 Å². The second-order valence-corrected chi connectivity index (χ2v) is 21.0. The van der Waals surface area contributed by atoms with Crippen LogP contribution in [0.2, 0.25) is 0 Å². The number of nitrogens with zero attached hydrogens (tertiary/aromatic N) is 2. The number of rotatable bonds is 6. The Morgan fingerprint density at radius 2 is 1.57 bits per heavy atom. The topological polar surface area (TPSA) is 104 Å². The summed E-state index contributed by atoms with van der Waals surface area (Å²) in [5.74, 6) is 1.66. The molecule has 290 valence electrons. The molecular weight excluding hydrogens is 644 g/mol. The maximum Gasteiger partial charge on any atom is 0.170 e. The Morgan fingerprint density at radius 1 is 0.863 bits per heavy atom. The van der Waals surface area contributed by atoms with E-state index in [0.29, 0.717) is 35.3 Å². The van der Waals surface area contributed by atoms with Crippen LogP contribution in [0.4, 0.5) is 0 Å². The summed E-state index contributed by atoms with van der Waals surface area (Å²) in [6.07, 6.45) is 9.31. The molecule has 0 aromatic carbocycles. The minimum atomic E-state index is -1.24. The number of likely N-dealkylation sites (tertiary alicyclic amines) is 1. The van der Waals surface area contributed by atoms with Gasteiger partial charge in [0.05, 0.1) is 55.9 Å². The van der Waals surface area contributed by atoms with Crippen molar-refractivity contribution in [3.63, 3.8) is 0 Å². The lowest BCUT2D eigenvalue weighted by Gasteiger charge is -2.64. The Labute approximate surface area is 307 Å². The lowest BCUT2D eigenvalue weighted by Crippen LogP contribution is -2.60. The normalized spacial score (nSPS) is 52.5. The van der Waals surface area contributed by atoms with Crippen molar-refractivity contribution in [3.8, 4) is 0 Å². The molecule has 9 nitrogen and oxygen atoms in total. The summed E-state index contributed by atoms with van der Waals surface area (Å²) < 4.78 is 25.6. The quantitative estimate of drug-likeness (QED) is 0.357. The Kier molecular flexibility index (Phi) is 8.59. The van der Waals surface area contributed by atoms with Gasteiger partial charge in [0.2, 0.25) is 0 Å². The zero-order valence-electron chi connectivity index (χ0n) is 32.8. The fourth-order valence-corrected chi connectivity index (χ4v) is 15.5. The number of morpholine rings is 1. The molecule has 4 heterocycles. The molecule has 5 aliphatic carbocycles. The third kappa shape index (κ3) is 5.03. The molecule has 0 radical (unpaired) electrons. The third-order valence-electron chi connectivity index (χ3n) is 18.4. The van der Waals surface area contributed by atoms with Crippen LogP contribution < -0.4 is 0 Å². The van der Waals surface area contributed by atoms with E-state index >= 15 is 0 Å². The van der Waals surface area contributed by atoms with Crippen LogP contribution in [0.25, 0.3) is 0 Å². The molecule has 9 aliphatic rings. The van der Waals surface area contributed by atoms with Crippen LogP contribution in [0.5, 0.6) is 0 Å². The van der Waals surface area contributed by atoms with E-state index in [0.717, 1.165) is 58.6 Å². The van der Waals surface area contributed by atoms with E-state index in [-0.39, 0.29) is 46.1 Å². The molecule has 0 bridgehead atoms. The highest BCUT2D eigenvalue weighted by Gasteiger charge is 2.84. The first kappa shape index (κ1) is 36.3. The molecule has 9 heteroatoms. The molecule has 51 heavy (non-hydrogen) atoms. The van der Waals surface area contributed by atoms with Gasteiger partial charge in [-0.3, -0.25) is 9.80 Å². The predicted molar refractivity (Wildman–Crippen MR) is 194 cm³/mol. The summed E-state index contributed by atoms with van der Waals surface area (Å²) in [6, 6.07) is 1.27. The highest BCUT2D eigenvalue weighted by atomic mass is 16.7. The molecule has 2 spiro atoms. The van der Waals surface area contributed by atoms with Crippen molar-refractivity contribution in [1.82, 2.24) is 9.80 Å². The van der Waals surface area contributed by atoms with Crippen molar-refractivity contribution in [1.29, 1.82) is 0 Å². The first-order valence-corrected chi connectivity index (χ1v) is 21.1. The Morgan fingerprint density at radius 3 is 2.25 bits per heavy atom. The molecular formula is C42H70N2O7. The predicted octanol–water partition coefficient (Wildman–Crippen LogP) is 4.84. The van der Waals surface area contributed by atoms with Gasteiger partial charge < -0.3 is 34.3 Å². The van der Waals surface area contributed by atoms with Gasteiger partial charge >= 0.3 is 0 Å². The molecule has 9 rings (SSSR count). The number of hydrogen-bond acceptors (Lipinski definition) is 9. The van der Waals surface area contributed by atoms with Crippen molar-refractivity contribution in [2.45, 2.75) is 167 Å². The smallest absolute Gasteiger partial charge is 0.170 e. The van der Waals surface area contributed by atoms with Gasteiger partial charge in [-0.25, -0.2) is 0 Å². The second kappa shape index (κ2) is 12.1. The van der Waals surface area contributed by atoms with Gasteiger partial charge in [-0.2, -0.15) is 0 Å². The van der Waals surface area contributed by atoms with Crippen LogP contribution in [-0.4, -0.2) is 126 Å². The van der Waals surface area contributed by atoms with E-state index in [4.69, 9.17) is 18.9 Å². The molecule has 4 saturated heterocycles. The number of aliphatic hydroxyl groups excluding tert-OH is 2. The first-order valence-electron chi connectivity index (χ1n) is 21.1. The number of aliphatic hydroxyl groups is 3. The van der Waals surface area contributed by atoms with Crippen LogP contribution >= 0.6 is 0 Å². The Hall–Kier alpha value is -0.360. The zero-order chi connectivity index (χ0) is 35.9. The minimum absolute atomic E-state index is 0.0179. The maximum absolute atomic E-state index is 12.5. The van der Waals surface area contributed by atoms with Gasteiger partial charge in [-0.15, -0.1) is 0 Å². The fourth-order valence-electron chi connectivity index (χ4n) is 15.5. The third-order valence-corrected chi connectivity index (χ3v) is 18.4. The van der Waals surface area contributed by atoms with Crippen LogP contribution in [0.1, 0.15) is 113 Å². The number of fused-ring (bicyclic) bond motifs is 4. The van der Waals surface area contributed by atoms with Crippen molar-refractivity contribution in [2.75, 3.05) is 46.0 Å². The number of piperidine rings is 1. The average molecular weight is 715 g/mol. The van der Waals surface area contributed by atoms with Gasteiger partial charge in [0.25, 0.3) is 0 Å². The Balaban J connectivity index is 0.891.